The van der Waals surface area contributed by atoms with Crippen LogP contribution in [0.5, 0.6) is 0 Å². The molecule has 1 aliphatic heterocycles. The summed E-state index contributed by atoms with van der Waals surface area (Å²) in [7, 11) is 4.49. The fourth-order valence-electron chi connectivity index (χ4n) is 4.70. The van der Waals surface area contributed by atoms with Gasteiger partial charge in [0.05, 0.1) is 25.1 Å². The Kier molecular flexibility index (Phi) is 7.24. The van der Waals surface area contributed by atoms with E-state index in [9.17, 15) is 0 Å². The second-order valence-corrected chi connectivity index (χ2v) is 10.2. The first-order chi connectivity index (χ1) is 14.5. The van der Waals surface area contributed by atoms with Crippen molar-refractivity contribution in [1.29, 1.82) is 0 Å². The Morgan fingerprint density at radius 1 is 1.03 bits per heavy atom. The molecule has 0 N–H and O–H groups in total. The van der Waals surface area contributed by atoms with E-state index in [1.165, 1.54) is 47.9 Å². The van der Waals surface area contributed by atoms with Gasteiger partial charge in [0.25, 0.3) is 0 Å². The molecule has 0 radical (unpaired) electrons. The Balaban J connectivity index is 1.52. The molecule has 3 heterocycles. The summed E-state index contributed by atoms with van der Waals surface area (Å²) in [5, 5.41) is 1.24. The molecule has 0 bridgehead atoms. The Hall–Kier alpha value is -1.28. The van der Waals surface area contributed by atoms with Crippen LogP contribution in [0.3, 0.4) is 0 Å². The molecule has 0 amide bonds. The zero-order valence-electron chi connectivity index (χ0n) is 19.1. The molecule has 4 rings (SSSR count). The molecule has 1 saturated carbocycles. The first kappa shape index (κ1) is 21.9. The molecule has 1 saturated heterocycles. The minimum atomic E-state index is 0.750. The van der Waals surface area contributed by atoms with Crippen molar-refractivity contribution in [2.24, 2.45) is 0 Å². The standard InChI is InChI=1S/C23H37N5OS/c1-17-18(2)30-23-21(17)22(24-20(25-23)16-28-12-14-29-15-13-28)27(4)11-10-26(3)19-8-6-5-7-9-19/h19H,5-16H2,1-4H3. The van der Waals surface area contributed by atoms with E-state index in [-0.39, 0.29) is 0 Å². The lowest BCUT2D eigenvalue weighted by Gasteiger charge is -2.32. The quantitative estimate of drug-likeness (QED) is 0.664. The summed E-state index contributed by atoms with van der Waals surface area (Å²) in [6, 6.07) is 0.750. The van der Waals surface area contributed by atoms with Gasteiger partial charge in [-0.25, -0.2) is 9.97 Å². The first-order valence-electron chi connectivity index (χ1n) is 11.5. The molecule has 0 aromatic carbocycles. The van der Waals surface area contributed by atoms with Gasteiger partial charge in [-0.15, -0.1) is 11.3 Å². The SMILES string of the molecule is Cc1sc2nc(CN3CCOCC3)nc(N(C)CCN(C)C3CCCCC3)c2c1C. The first-order valence-corrected chi connectivity index (χ1v) is 12.3. The van der Waals surface area contributed by atoms with Crippen LogP contribution in [-0.4, -0.2) is 79.3 Å². The Labute approximate surface area is 185 Å². The number of aryl methyl sites for hydroxylation is 2. The number of hydrogen-bond donors (Lipinski definition) is 0. The number of ether oxygens (including phenoxy) is 1. The van der Waals surface area contributed by atoms with Gasteiger partial charge in [0.1, 0.15) is 16.5 Å². The van der Waals surface area contributed by atoms with E-state index in [4.69, 9.17) is 14.7 Å². The zero-order valence-corrected chi connectivity index (χ0v) is 19.9. The third-order valence-electron chi connectivity index (χ3n) is 6.87. The average molecular weight is 432 g/mol. The molecule has 0 unspecified atom stereocenters. The molecule has 2 aliphatic rings. The average Bonchev–Trinajstić information content (AvgIpc) is 3.06. The van der Waals surface area contributed by atoms with Crippen LogP contribution in [0.15, 0.2) is 0 Å². The van der Waals surface area contributed by atoms with E-state index >= 15 is 0 Å². The van der Waals surface area contributed by atoms with Crippen molar-refractivity contribution < 1.29 is 4.74 Å². The van der Waals surface area contributed by atoms with E-state index in [1.807, 2.05) is 0 Å². The maximum absolute atomic E-state index is 5.50. The maximum atomic E-state index is 5.50. The number of likely N-dealkylation sites (N-methyl/N-ethyl adjacent to an activating group) is 2. The van der Waals surface area contributed by atoms with Crippen LogP contribution in [0.4, 0.5) is 5.82 Å². The second-order valence-electron chi connectivity index (χ2n) is 9.01. The lowest BCUT2D eigenvalue weighted by Crippen LogP contribution is -2.39. The molecule has 2 aromatic rings. The Morgan fingerprint density at radius 2 is 1.77 bits per heavy atom. The van der Waals surface area contributed by atoms with Gasteiger partial charge < -0.3 is 14.5 Å². The fourth-order valence-corrected chi connectivity index (χ4v) is 5.74. The van der Waals surface area contributed by atoms with Crippen molar-refractivity contribution in [2.75, 3.05) is 58.4 Å². The number of thiophene rings is 1. The number of nitrogens with zero attached hydrogens (tertiary/aromatic N) is 5. The van der Waals surface area contributed by atoms with Gasteiger partial charge in [-0.05, 0) is 39.3 Å². The van der Waals surface area contributed by atoms with Crippen LogP contribution in [0.1, 0.15) is 48.4 Å². The number of rotatable bonds is 7. The summed E-state index contributed by atoms with van der Waals surface area (Å²) < 4.78 is 5.50. The van der Waals surface area contributed by atoms with Crippen molar-refractivity contribution in [3.05, 3.63) is 16.3 Å². The number of hydrogen-bond acceptors (Lipinski definition) is 7. The highest BCUT2D eigenvalue weighted by Crippen LogP contribution is 2.35. The van der Waals surface area contributed by atoms with Crippen LogP contribution in [-0.2, 0) is 11.3 Å². The highest BCUT2D eigenvalue weighted by molar-refractivity contribution is 7.18. The molecule has 1 aliphatic carbocycles. The molecule has 2 fully saturated rings. The van der Waals surface area contributed by atoms with Crippen LogP contribution >= 0.6 is 11.3 Å². The highest BCUT2D eigenvalue weighted by atomic mass is 32.1. The molecule has 2 aromatic heterocycles. The van der Waals surface area contributed by atoms with Gasteiger partial charge in [0.15, 0.2) is 0 Å². The summed E-state index contributed by atoms with van der Waals surface area (Å²) >= 11 is 1.80. The van der Waals surface area contributed by atoms with Gasteiger partial charge in [-0.3, -0.25) is 4.90 Å². The van der Waals surface area contributed by atoms with E-state index in [0.29, 0.717) is 0 Å². The summed E-state index contributed by atoms with van der Waals surface area (Å²) in [5.41, 5.74) is 1.33. The normalized spacial score (nSPS) is 19.1. The van der Waals surface area contributed by atoms with E-state index in [2.05, 4.69) is 42.6 Å². The van der Waals surface area contributed by atoms with Crippen molar-refractivity contribution in [3.8, 4) is 0 Å². The van der Waals surface area contributed by atoms with Crippen LogP contribution < -0.4 is 4.90 Å². The topological polar surface area (TPSA) is 44.7 Å². The predicted octanol–water partition coefficient (Wildman–Crippen LogP) is 3.84. The monoisotopic (exact) mass is 431 g/mol. The third-order valence-corrected chi connectivity index (χ3v) is 7.97. The van der Waals surface area contributed by atoms with Gasteiger partial charge in [0, 0.05) is 44.1 Å². The lowest BCUT2D eigenvalue weighted by molar-refractivity contribution is 0.0331. The van der Waals surface area contributed by atoms with Crippen LogP contribution in [0.25, 0.3) is 10.2 Å². The maximum Gasteiger partial charge on any atom is 0.146 e. The summed E-state index contributed by atoms with van der Waals surface area (Å²) in [6.07, 6.45) is 6.88. The van der Waals surface area contributed by atoms with E-state index in [1.54, 1.807) is 11.3 Å². The smallest absolute Gasteiger partial charge is 0.146 e. The van der Waals surface area contributed by atoms with Gasteiger partial charge >= 0.3 is 0 Å². The number of fused-ring (bicyclic) bond motifs is 1. The van der Waals surface area contributed by atoms with E-state index < -0.39 is 0 Å². The van der Waals surface area contributed by atoms with Gasteiger partial charge in [0.2, 0.25) is 0 Å². The molecule has 6 nitrogen and oxygen atoms in total. The van der Waals surface area contributed by atoms with Crippen LogP contribution in [0.2, 0.25) is 0 Å². The van der Waals surface area contributed by atoms with Crippen molar-refractivity contribution in [1.82, 2.24) is 19.8 Å². The highest BCUT2D eigenvalue weighted by Gasteiger charge is 2.21. The zero-order chi connectivity index (χ0) is 21.1. The molecule has 30 heavy (non-hydrogen) atoms. The molecule has 7 heteroatoms. The minimum absolute atomic E-state index is 0.750. The molecular formula is C23H37N5OS. The third kappa shape index (κ3) is 4.96. The Bertz CT molecular complexity index is 842. The molecule has 0 atom stereocenters. The predicted molar refractivity (Wildman–Crippen MR) is 126 cm³/mol. The Morgan fingerprint density at radius 3 is 2.50 bits per heavy atom. The summed E-state index contributed by atoms with van der Waals surface area (Å²) in [6.45, 7) is 10.8. The van der Waals surface area contributed by atoms with Crippen molar-refractivity contribution in [3.63, 3.8) is 0 Å². The van der Waals surface area contributed by atoms with Crippen molar-refractivity contribution in [2.45, 2.75) is 58.5 Å². The number of morpholine rings is 1. The molecular weight excluding hydrogens is 394 g/mol. The number of aromatic nitrogens is 2. The minimum Gasteiger partial charge on any atom is -0.379 e. The largest absolute Gasteiger partial charge is 0.379 e. The lowest BCUT2D eigenvalue weighted by atomic mass is 9.94. The summed E-state index contributed by atoms with van der Waals surface area (Å²) in [5.74, 6) is 2.04. The number of anilines is 1. The fraction of sp³-hybridized carbons (Fsp3) is 0.739. The molecule has 166 valence electrons. The molecule has 0 spiro atoms. The van der Waals surface area contributed by atoms with Gasteiger partial charge in [-0.2, -0.15) is 0 Å². The van der Waals surface area contributed by atoms with Crippen molar-refractivity contribution >= 4 is 27.4 Å². The van der Waals surface area contributed by atoms with E-state index in [0.717, 1.165) is 68.5 Å². The van der Waals surface area contributed by atoms with Gasteiger partial charge in [-0.1, -0.05) is 19.3 Å². The van der Waals surface area contributed by atoms with Crippen LogP contribution in [0, 0.1) is 13.8 Å². The second kappa shape index (κ2) is 9.90. The summed E-state index contributed by atoms with van der Waals surface area (Å²) in [4.78, 5) is 19.8.